The Morgan fingerprint density at radius 3 is 2.16 bits per heavy atom. The van der Waals surface area contributed by atoms with Crippen LogP contribution in [0, 0.1) is 0 Å². The Morgan fingerprint density at radius 1 is 0.880 bits per heavy atom. The van der Waals surface area contributed by atoms with Gasteiger partial charge in [0, 0.05) is 5.56 Å². The highest BCUT2D eigenvalue weighted by atomic mass is 35.5. The number of aromatic nitrogens is 2. The molecule has 0 atom stereocenters. The van der Waals surface area contributed by atoms with Crippen LogP contribution in [-0.2, 0) is 0 Å². The van der Waals surface area contributed by atoms with Gasteiger partial charge in [0.15, 0.2) is 0 Å². The molecule has 0 radical (unpaired) electrons. The van der Waals surface area contributed by atoms with Gasteiger partial charge in [-0.2, -0.15) is 0 Å². The maximum Gasteiger partial charge on any atom is 0.573 e. The molecule has 128 valence electrons. The van der Waals surface area contributed by atoms with Gasteiger partial charge in [0.1, 0.15) is 11.5 Å². The average Bonchev–Trinajstić information content (AvgIpc) is 2.57. The molecule has 3 aromatic rings. The topological polar surface area (TPSA) is 44.2 Å². The van der Waals surface area contributed by atoms with Crippen molar-refractivity contribution in [1.29, 1.82) is 0 Å². The Balaban J connectivity index is 1.86. The van der Waals surface area contributed by atoms with Gasteiger partial charge < -0.3 is 9.47 Å². The Morgan fingerprint density at radius 2 is 1.52 bits per heavy atom. The summed E-state index contributed by atoms with van der Waals surface area (Å²) >= 11 is 5.73. The van der Waals surface area contributed by atoms with Crippen molar-refractivity contribution >= 4 is 11.6 Å². The molecular weight excluding hydrogens is 357 g/mol. The molecule has 0 aliphatic carbocycles. The second-order valence-corrected chi connectivity index (χ2v) is 5.29. The second-order valence-electron chi connectivity index (χ2n) is 4.85. The van der Waals surface area contributed by atoms with Crippen LogP contribution >= 0.6 is 11.6 Å². The SMILES string of the molecule is FC(F)(F)Oc1ccc(-c2ccccc2Oc2ncc(Cl)cn2)cc1. The molecule has 0 bridgehead atoms. The average molecular weight is 367 g/mol. The minimum absolute atomic E-state index is 0.105. The van der Waals surface area contributed by atoms with E-state index in [1.807, 2.05) is 0 Å². The molecule has 4 nitrogen and oxygen atoms in total. The molecule has 0 unspecified atom stereocenters. The van der Waals surface area contributed by atoms with E-state index in [-0.39, 0.29) is 11.8 Å². The lowest BCUT2D eigenvalue weighted by molar-refractivity contribution is -0.274. The van der Waals surface area contributed by atoms with Crippen LogP contribution in [0.5, 0.6) is 17.5 Å². The molecule has 1 heterocycles. The fourth-order valence-corrected chi connectivity index (χ4v) is 2.18. The van der Waals surface area contributed by atoms with Crippen LogP contribution in [0.3, 0.4) is 0 Å². The third-order valence-electron chi connectivity index (χ3n) is 3.08. The molecule has 0 saturated heterocycles. The lowest BCUT2D eigenvalue weighted by Crippen LogP contribution is -2.16. The molecule has 8 heteroatoms. The molecule has 25 heavy (non-hydrogen) atoms. The van der Waals surface area contributed by atoms with Crippen molar-refractivity contribution in [2.45, 2.75) is 6.36 Å². The van der Waals surface area contributed by atoms with E-state index in [9.17, 15) is 13.2 Å². The van der Waals surface area contributed by atoms with Crippen LogP contribution in [0.4, 0.5) is 13.2 Å². The third kappa shape index (κ3) is 4.60. The first-order valence-electron chi connectivity index (χ1n) is 7.01. The third-order valence-corrected chi connectivity index (χ3v) is 3.28. The minimum Gasteiger partial charge on any atom is -0.424 e. The molecule has 2 aromatic carbocycles. The van der Waals surface area contributed by atoms with Crippen LogP contribution in [0.1, 0.15) is 0 Å². The van der Waals surface area contributed by atoms with E-state index in [2.05, 4.69) is 14.7 Å². The van der Waals surface area contributed by atoms with Gasteiger partial charge in [-0.15, -0.1) is 13.2 Å². The molecular formula is C17H10ClF3N2O2. The standard InChI is InChI=1S/C17H10ClF3N2O2/c18-12-9-22-16(23-10-12)24-15-4-2-1-3-14(15)11-5-7-13(8-6-11)25-17(19,20)21/h1-10H. The zero-order valence-electron chi connectivity index (χ0n) is 12.5. The summed E-state index contributed by atoms with van der Waals surface area (Å²) in [5.74, 6) is 0.157. The highest BCUT2D eigenvalue weighted by Gasteiger charge is 2.31. The van der Waals surface area contributed by atoms with Crippen LogP contribution < -0.4 is 9.47 Å². The summed E-state index contributed by atoms with van der Waals surface area (Å²) in [6, 6.07) is 12.6. The fraction of sp³-hybridized carbons (Fsp3) is 0.0588. The first kappa shape index (κ1) is 17.0. The molecule has 0 aliphatic rings. The number of ether oxygens (including phenoxy) is 2. The number of para-hydroxylation sites is 1. The number of nitrogens with zero attached hydrogens (tertiary/aromatic N) is 2. The van der Waals surface area contributed by atoms with Gasteiger partial charge in [0.25, 0.3) is 0 Å². The van der Waals surface area contributed by atoms with E-state index in [1.54, 1.807) is 24.3 Å². The smallest absolute Gasteiger partial charge is 0.424 e. The number of halogens is 4. The van der Waals surface area contributed by atoms with E-state index in [4.69, 9.17) is 16.3 Å². The van der Waals surface area contributed by atoms with Crippen molar-refractivity contribution in [2.75, 3.05) is 0 Å². The van der Waals surface area contributed by atoms with E-state index >= 15 is 0 Å². The predicted octanol–water partition coefficient (Wildman–Crippen LogP) is 5.49. The number of hydrogen-bond acceptors (Lipinski definition) is 4. The van der Waals surface area contributed by atoms with Gasteiger partial charge in [0.05, 0.1) is 17.4 Å². The second kappa shape index (κ2) is 6.98. The van der Waals surface area contributed by atoms with Gasteiger partial charge in [-0.05, 0) is 23.8 Å². The first-order chi connectivity index (χ1) is 11.9. The van der Waals surface area contributed by atoms with Crippen LogP contribution in [-0.4, -0.2) is 16.3 Å². The largest absolute Gasteiger partial charge is 0.573 e. The van der Waals surface area contributed by atoms with Gasteiger partial charge in [0.2, 0.25) is 0 Å². The van der Waals surface area contributed by atoms with E-state index in [1.165, 1.54) is 36.7 Å². The summed E-state index contributed by atoms with van der Waals surface area (Å²) in [6.07, 6.45) is -1.93. The van der Waals surface area contributed by atoms with Crippen molar-refractivity contribution in [2.24, 2.45) is 0 Å². The zero-order valence-corrected chi connectivity index (χ0v) is 13.3. The number of benzene rings is 2. The predicted molar refractivity (Wildman–Crippen MR) is 85.7 cm³/mol. The van der Waals surface area contributed by atoms with Crippen molar-refractivity contribution in [1.82, 2.24) is 9.97 Å². The van der Waals surface area contributed by atoms with Gasteiger partial charge in [-0.3, -0.25) is 0 Å². The van der Waals surface area contributed by atoms with Crippen LogP contribution in [0.25, 0.3) is 11.1 Å². The molecule has 0 fully saturated rings. The summed E-state index contributed by atoms with van der Waals surface area (Å²) in [5, 5.41) is 0.376. The first-order valence-corrected chi connectivity index (χ1v) is 7.39. The van der Waals surface area contributed by atoms with E-state index in [0.717, 1.165) is 0 Å². The molecule has 0 N–H and O–H groups in total. The molecule has 0 spiro atoms. The number of alkyl halides is 3. The van der Waals surface area contributed by atoms with Crippen LogP contribution in [0.2, 0.25) is 5.02 Å². The minimum atomic E-state index is -4.73. The zero-order chi connectivity index (χ0) is 17.9. The summed E-state index contributed by atoms with van der Waals surface area (Å²) in [4.78, 5) is 7.90. The Kier molecular flexibility index (Phi) is 4.76. The monoisotopic (exact) mass is 366 g/mol. The Bertz CT molecular complexity index is 853. The van der Waals surface area contributed by atoms with Gasteiger partial charge >= 0.3 is 12.4 Å². The van der Waals surface area contributed by atoms with Crippen molar-refractivity contribution < 1.29 is 22.6 Å². The highest BCUT2D eigenvalue weighted by molar-refractivity contribution is 6.30. The maximum absolute atomic E-state index is 12.2. The summed E-state index contributed by atoms with van der Waals surface area (Å²) in [6.45, 7) is 0. The van der Waals surface area contributed by atoms with Gasteiger partial charge in [-0.1, -0.05) is 41.9 Å². The molecule has 0 saturated carbocycles. The Hall–Kier alpha value is -2.80. The molecule has 0 aliphatic heterocycles. The molecule has 0 amide bonds. The Labute approximate surface area is 145 Å². The van der Waals surface area contributed by atoms with Crippen molar-refractivity contribution in [3.63, 3.8) is 0 Å². The summed E-state index contributed by atoms with van der Waals surface area (Å²) in [5.41, 5.74) is 1.32. The molecule has 3 rings (SSSR count). The van der Waals surface area contributed by atoms with Crippen LogP contribution in [0.15, 0.2) is 60.9 Å². The number of hydrogen-bond donors (Lipinski definition) is 0. The summed E-state index contributed by atoms with van der Waals surface area (Å²) in [7, 11) is 0. The summed E-state index contributed by atoms with van der Waals surface area (Å²) < 4.78 is 46.2. The lowest BCUT2D eigenvalue weighted by Gasteiger charge is -2.12. The van der Waals surface area contributed by atoms with E-state index in [0.29, 0.717) is 21.9 Å². The normalized spacial score (nSPS) is 11.2. The molecule has 1 aromatic heterocycles. The fourth-order valence-electron chi connectivity index (χ4n) is 2.08. The highest BCUT2D eigenvalue weighted by Crippen LogP contribution is 2.33. The van der Waals surface area contributed by atoms with Crippen molar-refractivity contribution in [3.8, 4) is 28.6 Å². The van der Waals surface area contributed by atoms with Gasteiger partial charge in [-0.25, -0.2) is 9.97 Å². The number of rotatable bonds is 4. The maximum atomic E-state index is 12.2. The van der Waals surface area contributed by atoms with E-state index < -0.39 is 6.36 Å². The van der Waals surface area contributed by atoms with Crippen molar-refractivity contribution in [3.05, 3.63) is 65.9 Å². The lowest BCUT2D eigenvalue weighted by atomic mass is 10.0. The quantitative estimate of drug-likeness (QED) is 0.612.